The van der Waals surface area contributed by atoms with E-state index in [0.29, 0.717) is 28.1 Å². The predicted molar refractivity (Wildman–Crippen MR) is 93.0 cm³/mol. The van der Waals surface area contributed by atoms with E-state index in [-0.39, 0.29) is 0 Å². The molecule has 0 atom stereocenters. The molecule has 116 valence electrons. The van der Waals surface area contributed by atoms with E-state index in [4.69, 9.17) is 0 Å². The molecule has 23 heavy (non-hydrogen) atoms. The van der Waals surface area contributed by atoms with Gasteiger partial charge in [0.15, 0.2) is 0 Å². The number of nitrogens with zero attached hydrogens (tertiary/aromatic N) is 1. The lowest BCUT2D eigenvalue weighted by molar-refractivity contribution is 0.0699. The Balaban J connectivity index is 2.30. The summed E-state index contributed by atoms with van der Waals surface area (Å²) >= 11 is 0. The average Bonchev–Trinajstić information content (AvgIpc) is 2.53. The van der Waals surface area contributed by atoms with E-state index in [1.165, 1.54) is 0 Å². The quantitative estimate of drug-likeness (QED) is 0.738. The number of fused-ring (bicyclic) bond motifs is 1. The van der Waals surface area contributed by atoms with Crippen molar-refractivity contribution in [2.45, 2.75) is 26.7 Å². The predicted octanol–water partition coefficient (Wildman–Crippen LogP) is 5.03. The van der Waals surface area contributed by atoms with Crippen molar-refractivity contribution in [3.05, 3.63) is 65.2 Å². The number of benzene rings is 2. The van der Waals surface area contributed by atoms with Crippen LogP contribution in [0.4, 0.5) is 0 Å². The molecule has 2 aromatic carbocycles. The molecule has 1 heterocycles. The second-order valence-electron chi connectivity index (χ2n) is 6.11. The van der Waals surface area contributed by atoms with E-state index in [0.717, 1.165) is 16.7 Å². The first-order valence-corrected chi connectivity index (χ1v) is 7.71. The van der Waals surface area contributed by atoms with E-state index in [1.807, 2.05) is 49.4 Å². The second kappa shape index (κ2) is 5.84. The highest BCUT2D eigenvalue weighted by atomic mass is 16.4. The molecule has 0 fully saturated rings. The topological polar surface area (TPSA) is 50.2 Å². The largest absolute Gasteiger partial charge is 0.478 e. The van der Waals surface area contributed by atoms with Gasteiger partial charge in [0.1, 0.15) is 0 Å². The monoisotopic (exact) mass is 305 g/mol. The van der Waals surface area contributed by atoms with E-state index in [2.05, 4.69) is 18.8 Å². The third-order valence-electron chi connectivity index (χ3n) is 4.15. The maximum Gasteiger partial charge on any atom is 0.336 e. The molecular formula is C20H19NO2. The van der Waals surface area contributed by atoms with Crippen molar-refractivity contribution >= 4 is 16.9 Å². The summed E-state index contributed by atoms with van der Waals surface area (Å²) < 4.78 is 0. The fraction of sp³-hybridized carbons (Fsp3) is 0.200. The fourth-order valence-electron chi connectivity index (χ4n) is 2.78. The number of carbonyl (C=O) groups is 1. The van der Waals surface area contributed by atoms with Crippen LogP contribution in [0, 0.1) is 6.92 Å². The van der Waals surface area contributed by atoms with Crippen LogP contribution in [0.3, 0.4) is 0 Å². The summed E-state index contributed by atoms with van der Waals surface area (Å²) in [6, 6.07) is 15.4. The van der Waals surface area contributed by atoms with Crippen LogP contribution in [0.25, 0.3) is 22.2 Å². The summed E-state index contributed by atoms with van der Waals surface area (Å²) in [6.45, 7) is 6.19. The van der Waals surface area contributed by atoms with Gasteiger partial charge >= 0.3 is 5.97 Å². The molecule has 0 saturated heterocycles. The van der Waals surface area contributed by atoms with Crippen LogP contribution in [0.2, 0.25) is 0 Å². The molecule has 0 aliphatic heterocycles. The molecule has 0 unspecified atom stereocenters. The zero-order chi connectivity index (χ0) is 16.6. The Morgan fingerprint density at radius 3 is 2.48 bits per heavy atom. The number of hydrogen-bond acceptors (Lipinski definition) is 2. The summed E-state index contributed by atoms with van der Waals surface area (Å²) in [5.74, 6) is -0.578. The molecular weight excluding hydrogens is 286 g/mol. The van der Waals surface area contributed by atoms with E-state index in [1.54, 1.807) is 6.07 Å². The number of pyridine rings is 1. The summed E-state index contributed by atoms with van der Waals surface area (Å²) in [7, 11) is 0. The summed E-state index contributed by atoms with van der Waals surface area (Å²) in [6.07, 6.45) is 0. The maximum absolute atomic E-state index is 11.7. The molecule has 0 saturated carbocycles. The van der Waals surface area contributed by atoms with Crippen LogP contribution in [0.1, 0.15) is 41.3 Å². The lowest BCUT2D eigenvalue weighted by atomic mass is 9.97. The summed E-state index contributed by atoms with van der Waals surface area (Å²) in [5.41, 5.74) is 4.87. The van der Waals surface area contributed by atoms with Crippen LogP contribution in [0.5, 0.6) is 0 Å². The number of aryl methyl sites for hydroxylation is 1. The molecule has 0 aliphatic rings. The van der Waals surface area contributed by atoms with Crippen molar-refractivity contribution in [3.8, 4) is 11.3 Å². The highest BCUT2D eigenvalue weighted by Gasteiger charge is 2.15. The molecule has 3 rings (SSSR count). The molecule has 3 aromatic rings. The number of rotatable bonds is 3. The van der Waals surface area contributed by atoms with Crippen molar-refractivity contribution < 1.29 is 9.90 Å². The van der Waals surface area contributed by atoms with Gasteiger partial charge in [-0.05, 0) is 42.2 Å². The van der Waals surface area contributed by atoms with Crippen LogP contribution in [0.15, 0.2) is 48.5 Å². The molecule has 1 aromatic heterocycles. The lowest BCUT2D eigenvalue weighted by Gasteiger charge is -2.11. The first-order valence-electron chi connectivity index (χ1n) is 7.71. The van der Waals surface area contributed by atoms with Gasteiger partial charge < -0.3 is 5.11 Å². The zero-order valence-electron chi connectivity index (χ0n) is 13.5. The van der Waals surface area contributed by atoms with Gasteiger partial charge in [-0.25, -0.2) is 9.78 Å². The highest BCUT2D eigenvalue weighted by Crippen LogP contribution is 2.29. The van der Waals surface area contributed by atoms with Gasteiger partial charge in [0.25, 0.3) is 0 Å². The Morgan fingerprint density at radius 1 is 1.09 bits per heavy atom. The molecule has 0 amide bonds. The Labute approximate surface area is 135 Å². The van der Waals surface area contributed by atoms with Gasteiger partial charge in [0.2, 0.25) is 0 Å². The third-order valence-corrected chi connectivity index (χ3v) is 4.15. The third kappa shape index (κ3) is 2.82. The Morgan fingerprint density at radius 2 is 1.83 bits per heavy atom. The fourth-order valence-corrected chi connectivity index (χ4v) is 2.78. The second-order valence-corrected chi connectivity index (χ2v) is 6.11. The maximum atomic E-state index is 11.7. The first kappa shape index (κ1) is 15.2. The minimum Gasteiger partial charge on any atom is -0.478 e. The van der Waals surface area contributed by atoms with Gasteiger partial charge in [0.05, 0.1) is 16.8 Å². The van der Waals surface area contributed by atoms with E-state index in [9.17, 15) is 9.90 Å². The Hall–Kier alpha value is -2.68. The van der Waals surface area contributed by atoms with Crippen LogP contribution < -0.4 is 0 Å². The van der Waals surface area contributed by atoms with Gasteiger partial charge in [-0.15, -0.1) is 0 Å². The van der Waals surface area contributed by atoms with Gasteiger partial charge in [-0.2, -0.15) is 0 Å². The van der Waals surface area contributed by atoms with Crippen LogP contribution >= 0.6 is 0 Å². The minimum absolute atomic E-state index is 0.302. The van der Waals surface area contributed by atoms with Crippen LogP contribution in [-0.2, 0) is 0 Å². The van der Waals surface area contributed by atoms with Crippen LogP contribution in [-0.4, -0.2) is 16.1 Å². The summed E-state index contributed by atoms with van der Waals surface area (Å²) in [5, 5.41) is 10.3. The normalized spacial score (nSPS) is 11.1. The molecule has 0 radical (unpaired) electrons. The zero-order valence-corrected chi connectivity index (χ0v) is 13.5. The van der Waals surface area contributed by atoms with Gasteiger partial charge in [-0.1, -0.05) is 44.2 Å². The minimum atomic E-state index is -0.923. The highest BCUT2D eigenvalue weighted by molar-refractivity contribution is 6.04. The number of hydrogen-bond donors (Lipinski definition) is 1. The van der Waals surface area contributed by atoms with E-state index < -0.39 is 5.97 Å². The molecule has 0 bridgehead atoms. The number of carboxylic acids is 1. The van der Waals surface area contributed by atoms with Crippen molar-refractivity contribution in [2.24, 2.45) is 0 Å². The molecule has 3 heteroatoms. The van der Waals surface area contributed by atoms with Crippen molar-refractivity contribution in [3.63, 3.8) is 0 Å². The molecule has 1 N–H and O–H groups in total. The van der Waals surface area contributed by atoms with Gasteiger partial charge in [-0.3, -0.25) is 0 Å². The Bertz CT molecular complexity index is 897. The summed E-state index contributed by atoms with van der Waals surface area (Å²) in [4.78, 5) is 16.4. The number of carboxylic acid groups (broad SMARTS) is 1. The molecule has 0 spiro atoms. The number of aromatic nitrogens is 1. The molecule has 3 nitrogen and oxygen atoms in total. The van der Waals surface area contributed by atoms with Crippen molar-refractivity contribution in [1.29, 1.82) is 0 Å². The van der Waals surface area contributed by atoms with Crippen molar-refractivity contribution in [2.75, 3.05) is 0 Å². The van der Waals surface area contributed by atoms with E-state index >= 15 is 0 Å². The number of aromatic carboxylic acids is 1. The lowest BCUT2D eigenvalue weighted by Crippen LogP contribution is -2.01. The standard InChI is InChI=1S/C20H19NO2/c1-12(2)14-8-9-18-16(10-14)17(20(22)23)11-19(21-18)15-7-5-4-6-13(15)3/h4-12H,1-3H3,(H,22,23). The average molecular weight is 305 g/mol. The SMILES string of the molecule is Cc1ccccc1-c1cc(C(=O)O)c2cc(C(C)C)ccc2n1. The smallest absolute Gasteiger partial charge is 0.336 e. The van der Waals surface area contributed by atoms with Crippen molar-refractivity contribution in [1.82, 2.24) is 4.98 Å². The van der Waals surface area contributed by atoms with Gasteiger partial charge in [0, 0.05) is 10.9 Å². The Kier molecular flexibility index (Phi) is 3.87. The molecule has 0 aliphatic carbocycles. The first-order chi connectivity index (χ1) is 11.0.